The lowest BCUT2D eigenvalue weighted by atomic mass is 10.1. The number of methoxy groups -OCH3 is 1. The van der Waals surface area contributed by atoms with Gasteiger partial charge in [0.25, 0.3) is 0 Å². The van der Waals surface area contributed by atoms with Crippen LogP contribution in [0.25, 0.3) is 0 Å². The Kier molecular flexibility index (Phi) is 3.91. The molecule has 2 N–H and O–H groups in total. The maximum Gasteiger partial charge on any atom is 0.305 e. The Balaban J connectivity index is 1.81. The van der Waals surface area contributed by atoms with E-state index < -0.39 is 5.79 Å². The van der Waals surface area contributed by atoms with Crippen molar-refractivity contribution in [3.8, 4) is 0 Å². The third-order valence-electron chi connectivity index (χ3n) is 3.26. The van der Waals surface area contributed by atoms with Crippen molar-refractivity contribution in [3.63, 3.8) is 0 Å². The zero-order valence-corrected chi connectivity index (χ0v) is 11.0. The molecule has 0 saturated carbocycles. The summed E-state index contributed by atoms with van der Waals surface area (Å²) < 4.78 is 21.6. The van der Waals surface area contributed by atoms with Crippen molar-refractivity contribution < 1.29 is 23.7 Å². The molecule has 6 heteroatoms. The van der Waals surface area contributed by atoms with Crippen LogP contribution in [0, 0.1) is 0 Å². The highest BCUT2D eigenvalue weighted by Gasteiger charge is 2.54. The summed E-state index contributed by atoms with van der Waals surface area (Å²) in [4.78, 5) is 11.0. The van der Waals surface area contributed by atoms with Crippen LogP contribution in [0.5, 0.6) is 0 Å². The van der Waals surface area contributed by atoms with Gasteiger partial charge in [-0.25, -0.2) is 0 Å². The molecule has 2 rings (SSSR count). The highest BCUT2D eigenvalue weighted by molar-refractivity contribution is 5.69. The SMILES string of the molecule is COC(=O)CCC1OC1C1OC(C)(C)OC1CN. The molecule has 104 valence electrons. The average molecular weight is 259 g/mol. The van der Waals surface area contributed by atoms with E-state index in [0.29, 0.717) is 19.4 Å². The van der Waals surface area contributed by atoms with Gasteiger partial charge in [-0.2, -0.15) is 0 Å². The van der Waals surface area contributed by atoms with Crippen LogP contribution in [-0.2, 0) is 23.7 Å². The topological polar surface area (TPSA) is 83.3 Å². The summed E-state index contributed by atoms with van der Waals surface area (Å²) in [5.74, 6) is -0.836. The molecule has 2 fully saturated rings. The van der Waals surface area contributed by atoms with Crippen LogP contribution in [0.15, 0.2) is 0 Å². The van der Waals surface area contributed by atoms with Gasteiger partial charge in [0.1, 0.15) is 18.3 Å². The van der Waals surface area contributed by atoms with Gasteiger partial charge in [-0.05, 0) is 20.3 Å². The van der Waals surface area contributed by atoms with Gasteiger partial charge in [0, 0.05) is 13.0 Å². The summed E-state index contributed by atoms with van der Waals surface area (Å²) >= 11 is 0. The fourth-order valence-electron chi connectivity index (χ4n) is 2.36. The van der Waals surface area contributed by atoms with Gasteiger partial charge in [0.05, 0.1) is 13.2 Å². The van der Waals surface area contributed by atoms with E-state index in [1.165, 1.54) is 7.11 Å². The lowest BCUT2D eigenvalue weighted by molar-refractivity contribution is -0.147. The minimum Gasteiger partial charge on any atom is -0.469 e. The number of carbonyl (C=O) groups excluding carboxylic acids is 1. The van der Waals surface area contributed by atoms with Crippen LogP contribution in [0.1, 0.15) is 26.7 Å². The van der Waals surface area contributed by atoms with E-state index in [0.717, 1.165) is 0 Å². The van der Waals surface area contributed by atoms with Gasteiger partial charge >= 0.3 is 5.97 Å². The highest BCUT2D eigenvalue weighted by Crippen LogP contribution is 2.39. The molecule has 4 unspecified atom stereocenters. The molecule has 0 radical (unpaired) electrons. The Labute approximate surface area is 107 Å². The van der Waals surface area contributed by atoms with E-state index in [4.69, 9.17) is 19.9 Å². The predicted octanol–water partition coefficient (Wildman–Crippen LogP) is 0.186. The second-order valence-corrected chi connectivity index (χ2v) is 5.13. The summed E-state index contributed by atoms with van der Waals surface area (Å²) in [5, 5.41) is 0. The first-order valence-corrected chi connectivity index (χ1v) is 6.25. The molecule has 0 aromatic carbocycles. The number of hydrogen-bond donors (Lipinski definition) is 1. The minimum absolute atomic E-state index is 0.0232. The molecule has 2 heterocycles. The lowest BCUT2D eigenvalue weighted by Crippen LogP contribution is -2.35. The Morgan fingerprint density at radius 2 is 2.00 bits per heavy atom. The zero-order chi connectivity index (χ0) is 13.3. The first kappa shape index (κ1) is 13.7. The molecule has 0 aliphatic carbocycles. The Bertz CT molecular complexity index is 320. The van der Waals surface area contributed by atoms with Crippen molar-refractivity contribution in [2.24, 2.45) is 5.73 Å². The van der Waals surface area contributed by atoms with Crippen LogP contribution in [0.3, 0.4) is 0 Å². The van der Waals surface area contributed by atoms with Crippen LogP contribution >= 0.6 is 0 Å². The maximum atomic E-state index is 11.0. The first-order valence-electron chi connectivity index (χ1n) is 6.25. The first-order chi connectivity index (χ1) is 8.46. The molecule has 0 amide bonds. The molecule has 0 spiro atoms. The number of epoxide rings is 1. The van der Waals surface area contributed by atoms with Gasteiger partial charge in [-0.1, -0.05) is 0 Å². The van der Waals surface area contributed by atoms with Crippen molar-refractivity contribution >= 4 is 5.97 Å². The van der Waals surface area contributed by atoms with Crippen LogP contribution < -0.4 is 5.73 Å². The summed E-state index contributed by atoms with van der Waals surface area (Å²) in [6.45, 7) is 4.13. The fraction of sp³-hybridized carbons (Fsp3) is 0.917. The summed E-state index contributed by atoms with van der Waals surface area (Å²) in [6, 6.07) is 0. The van der Waals surface area contributed by atoms with Crippen LogP contribution in [0.4, 0.5) is 0 Å². The number of carbonyl (C=O) groups is 1. The van der Waals surface area contributed by atoms with Crippen molar-refractivity contribution in [2.45, 2.75) is 56.9 Å². The molecule has 4 atom stereocenters. The fourth-order valence-corrected chi connectivity index (χ4v) is 2.36. The zero-order valence-electron chi connectivity index (χ0n) is 11.0. The van der Waals surface area contributed by atoms with E-state index in [1.54, 1.807) is 0 Å². The van der Waals surface area contributed by atoms with Crippen LogP contribution in [-0.4, -0.2) is 49.8 Å². The smallest absolute Gasteiger partial charge is 0.305 e. The molecule has 2 saturated heterocycles. The Hall–Kier alpha value is -0.690. The average Bonchev–Trinajstić information content (AvgIpc) is 3.03. The van der Waals surface area contributed by atoms with E-state index in [1.807, 2.05) is 13.8 Å². The van der Waals surface area contributed by atoms with Gasteiger partial charge < -0.3 is 24.7 Å². The number of rotatable bonds is 5. The number of ether oxygens (including phenoxy) is 4. The van der Waals surface area contributed by atoms with Crippen molar-refractivity contribution in [1.29, 1.82) is 0 Å². The molecule has 2 aliphatic heterocycles. The van der Waals surface area contributed by atoms with Gasteiger partial charge in [-0.3, -0.25) is 4.79 Å². The van der Waals surface area contributed by atoms with E-state index in [2.05, 4.69) is 4.74 Å². The van der Waals surface area contributed by atoms with Gasteiger partial charge in [-0.15, -0.1) is 0 Å². The highest BCUT2D eigenvalue weighted by atomic mass is 16.8. The number of hydrogen-bond acceptors (Lipinski definition) is 6. The molecule has 18 heavy (non-hydrogen) atoms. The summed E-state index contributed by atoms with van der Waals surface area (Å²) in [7, 11) is 1.38. The van der Waals surface area contributed by atoms with Crippen molar-refractivity contribution in [2.75, 3.05) is 13.7 Å². The largest absolute Gasteiger partial charge is 0.469 e. The molecule has 6 nitrogen and oxygen atoms in total. The molecule has 0 aromatic heterocycles. The molecule has 0 aromatic rings. The normalized spacial score (nSPS) is 37.6. The van der Waals surface area contributed by atoms with Gasteiger partial charge in [0.15, 0.2) is 5.79 Å². The van der Waals surface area contributed by atoms with Gasteiger partial charge in [0.2, 0.25) is 0 Å². The Morgan fingerprint density at radius 3 is 2.61 bits per heavy atom. The second-order valence-electron chi connectivity index (χ2n) is 5.13. The monoisotopic (exact) mass is 259 g/mol. The molecule has 2 aliphatic rings. The number of nitrogens with two attached hydrogens (primary N) is 1. The standard InChI is InChI=1S/C12H21NO5/c1-12(2)17-8(6-13)11(18-12)10-7(16-10)4-5-9(14)15-3/h7-8,10-11H,4-6,13H2,1-3H3. The summed E-state index contributed by atoms with van der Waals surface area (Å²) in [6.07, 6.45) is 0.739. The number of esters is 1. The van der Waals surface area contributed by atoms with Crippen molar-refractivity contribution in [1.82, 2.24) is 0 Å². The van der Waals surface area contributed by atoms with E-state index >= 15 is 0 Å². The third kappa shape index (κ3) is 3.00. The van der Waals surface area contributed by atoms with E-state index in [9.17, 15) is 4.79 Å². The maximum absolute atomic E-state index is 11.0. The van der Waals surface area contributed by atoms with Crippen LogP contribution in [0.2, 0.25) is 0 Å². The third-order valence-corrected chi connectivity index (χ3v) is 3.26. The molecule has 0 bridgehead atoms. The lowest BCUT2D eigenvalue weighted by Gasteiger charge is -2.16. The quantitative estimate of drug-likeness (QED) is 0.560. The van der Waals surface area contributed by atoms with E-state index in [-0.39, 0.29) is 30.4 Å². The molecular weight excluding hydrogens is 238 g/mol. The minimum atomic E-state index is -0.618. The summed E-state index contributed by atoms with van der Waals surface area (Å²) in [5.41, 5.74) is 5.67. The van der Waals surface area contributed by atoms with Crippen molar-refractivity contribution in [3.05, 3.63) is 0 Å². The second kappa shape index (κ2) is 5.13. The Morgan fingerprint density at radius 1 is 1.28 bits per heavy atom. The molecular formula is C12H21NO5. The predicted molar refractivity (Wildman–Crippen MR) is 62.8 cm³/mol.